The molecule has 166 valence electrons. The molecule has 0 aliphatic carbocycles. The Bertz CT molecular complexity index is 1510. The molecule has 0 atom stereocenters. The van der Waals surface area contributed by atoms with E-state index >= 15 is 0 Å². The normalized spacial score (nSPS) is 14.3. The van der Waals surface area contributed by atoms with Crippen molar-refractivity contribution >= 4 is 27.6 Å². The second kappa shape index (κ2) is 8.70. The third kappa shape index (κ3) is 3.91. The number of fused-ring (bicyclic) bond motifs is 3. The van der Waals surface area contributed by atoms with E-state index in [1.54, 1.807) is 0 Å². The van der Waals surface area contributed by atoms with Crippen LogP contribution in [-0.4, -0.2) is 48.1 Å². The van der Waals surface area contributed by atoms with E-state index in [-0.39, 0.29) is 0 Å². The fraction of sp³-hybridized carbons (Fsp3) is 0.167. The van der Waals surface area contributed by atoms with Crippen molar-refractivity contribution in [2.75, 3.05) is 38.1 Å². The van der Waals surface area contributed by atoms with Crippen LogP contribution in [0.5, 0.6) is 0 Å². The van der Waals surface area contributed by atoms with Crippen molar-refractivity contribution in [1.82, 2.24) is 14.9 Å². The average molecular weight is 443 g/mol. The summed E-state index contributed by atoms with van der Waals surface area (Å²) in [5.74, 6) is 6.66. The smallest absolute Gasteiger partial charge is 0.139 e. The number of pyridine rings is 1. The third-order valence-electron chi connectivity index (χ3n) is 6.68. The molecule has 0 unspecified atom stereocenters. The highest BCUT2D eigenvalue weighted by Gasteiger charge is 2.15. The van der Waals surface area contributed by atoms with Crippen LogP contribution in [0.2, 0.25) is 0 Å². The molecule has 34 heavy (non-hydrogen) atoms. The van der Waals surface area contributed by atoms with Gasteiger partial charge in [0.05, 0.1) is 0 Å². The van der Waals surface area contributed by atoms with Gasteiger partial charge in [0.1, 0.15) is 5.65 Å². The summed E-state index contributed by atoms with van der Waals surface area (Å²) in [6.45, 7) is 4.39. The number of nitrogens with one attached hydrogen (secondary N) is 1. The lowest BCUT2D eigenvalue weighted by molar-refractivity contribution is 0.313. The molecule has 3 aromatic carbocycles. The van der Waals surface area contributed by atoms with Crippen LogP contribution >= 0.6 is 0 Å². The molecule has 0 bridgehead atoms. The topological polar surface area (TPSA) is 35.2 Å². The van der Waals surface area contributed by atoms with Crippen molar-refractivity contribution < 1.29 is 0 Å². The molecule has 0 amide bonds. The molecule has 2 aromatic heterocycles. The quantitative estimate of drug-likeness (QED) is 0.365. The van der Waals surface area contributed by atoms with E-state index in [1.807, 2.05) is 42.6 Å². The van der Waals surface area contributed by atoms with Gasteiger partial charge in [-0.1, -0.05) is 48.2 Å². The minimum atomic E-state index is 0.873. The zero-order valence-corrected chi connectivity index (χ0v) is 19.3. The second-order valence-electron chi connectivity index (χ2n) is 8.92. The minimum absolute atomic E-state index is 0.873. The predicted octanol–water partition coefficient (Wildman–Crippen LogP) is 5.53. The van der Waals surface area contributed by atoms with Crippen molar-refractivity contribution in [3.8, 4) is 23.0 Å². The van der Waals surface area contributed by atoms with Gasteiger partial charge in [-0.3, -0.25) is 0 Å². The minimum Gasteiger partial charge on any atom is -0.369 e. The first-order chi connectivity index (χ1) is 16.7. The zero-order chi connectivity index (χ0) is 22.9. The first kappa shape index (κ1) is 20.5. The summed E-state index contributed by atoms with van der Waals surface area (Å²) in [4.78, 5) is 12.9. The molecule has 0 saturated carbocycles. The molecule has 0 spiro atoms. The van der Waals surface area contributed by atoms with Crippen LogP contribution in [0.1, 0.15) is 11.1 Å². The average Bonchev–Trinajstić information content (AvgIpc) is 3.27. The van der Waals surface area contributed by atoms with Crippen LogP contribution in [0.15, 0.2) is 85.1 Å². The van der Waals surface area contributed by atoms with E-state index in [9.17, 15) is 0 Å². The van der Waals surface area contributed by atoms with Gasteiger partial charge in [0.25, 0.3) is 0 Å². The largest absolute Gasteiger partial charge is 0.369 e. The first-order valence-corrected chi connectivity index (χ1v) is 11.8. The van der Waals surface area contributed by atoms with Gasteiger partial charge in [-0.25, -0.2) is 4.98 Å². The van der Waals surface area contributed by atoms with Crippen LogP contribution in [0.3, 0.4) is 0 Å². The molecule has 0 radical (unpaired) electrons. The van der Waals surface area contributed by atoms with Crippen molar-refractivity contribution in [3.05, 3.63) is 96.2 Å². The monoisotopic (exact) mass is 442 g/mol. The number of piperazine rings is 1. The summed E-state index contributed by atoms with van der Waals surface area (Å²) < 4.78 is 0. The molecule has 1 N–H and O–H groups in total. The van der Waals surface area contributed by atoms with Crippen LogP contribution in [0.25, 0.3) is 33.1 Å². The summed E-state index contributed by atoms with van der Waals surface area (Å²) in [6.07, 6.45) is 1.82. The van der Waals surface area contributed by atoms with Crippen molar-refractivity contribution in [2.45, 2.75) is 0 Å². The second-order valence-corrected chi connectivity index (χ2v) is 8.92. The summed E-state index contributed by atoms with van der Waals surface area (Å²) in [5, 5.41) is 2.23. The van der Waals surface area contributed by atoms with E-state index in [2.05, 4.69) is 81.1 Å². The number of hydrogen-bond donors (Lipinski definition) is 1. The number of aromatic nitrogens is 2. The lowest BCUT2D eigenvalue weighted by Crippen LogP contribution is -2.44. The maximum atomic E-state index is 4.57. The first-order valence-electron chi connectivity index (χ1n) is 11.8. The fourth-order valence-electron chi connectivity index (χ4n) is 4.69. The molecule has 6 rings (SSSR count). The van der Waals surface area contributed by atoms with Gasteiger partial charge >= 0.3 is 0 Å². The number of likely N-dealkylation sites (N-methyl/N-ethyl adjacent to an activating group) is 1. The molecule has 3 heterocycles. The molecular weight excluding hydrogens is 416 g/mol. The van der Waals surface area contributed by atoms with Gasteiger partial charge in [0.2, 0.25) is 0 Å². The Morgan fingerprint density at radius 2 is 1.56 bits per heavy atom. The number of benzene rings is 3. The molecule has 4 nitrogen and oxygen atoms in total. The lowest BCUT2D eigenvalue weighted by Gasteiger charge is -2.34. The lowest BCUT2D eigenvalue weighted by atomic mass is 10.0. The summed E-state index contributed by atoms with van der Waals surface area (Å²) in [6, 6.07) is 27.7. The Balaban J connectivity index is 1.37. The van der Waals surface area contributed by atoms with Crippen LogP contribution < -0.4 is 4.90 Å². The number of anilines is 1. The molecular formula is C30H26N4. The van der Waals surface area contributed by atoms with Gasteiger partial charge in [-0.05, 0) is 60.6 Å². The van der Waals surface area contributed by atoms with Crippen LogP contribution in [0.4, 0.5) is 5.69 Å². The Morgan fingerprint density at radius 1 is 0.794 bits per heavy atom. The number of H-pyrrole nitrogens is 1. The van der Waals surface area contributed by atoms with Crippen molar-refractivity contribution in [2.24, 2.45) is 0 Å². The Hall–Kier alpha value is -4.07. The van der Waals surface area contributed by atoms with E-state index in [4.69, 9.17) is 0 Å². The highest BCUT2D eigenvalue weighted by atomic mass is 15.2. The van der Waals surface area contributed by atoms with Crippen LogP contribution in [0, 0.1) is 11.8 Å². The summed E-state index contributed by atoms with van der Waals surface area (Å²) in [5.41, 5.74) is 7.66. The van der Waals surface area contributed by atoms with Crippen molar-refractivity contribution in [1.29, 1.82) is 0 Å². The third-order valence-corrected chi connectivity index (χ3v) is 6.68. The Morgan fingerprint density at radius 3 is 2.35 bits per heavy atom. The number of aromatic amines is 1. The maximum absolute atomic E-state index is 4.57. The zero-order valence-electron chi connectivity index (χ0n) is 19.3. The molecule has 1 aliphatic rings. The maximum Gasteiger partial charge on any atom is 0.139 e. The van der Waals surface area contributed by atoms with Gasteiger partial charge in [-0.15, -0.1) is 0 Å². The number of hydrogen-bond acceptors (Lipinski definition) is 3. The van der Waals surface area contributed by atoms with Gasteiger partial charge < -0.3 is 14.8 Å². The highest BCUT2D eigenvalue weighted by molar-refractivity contribution is 6.09. The molecule has 1 aliphatic heterocycles. The van der Waals surface area contributed by atoms with Gasteiger partial charge in [0.15, 0.2) is 0 Å². The standard InChI is InChI=1S/C30H26N4/c1-33-17-19-34(20-18-33)26-12-9-23(10-13-26)25-11-14-28-27(21-25)29-24(15-16-31-30(29)32-28)8-7-22-5-3-2-4-6-22/h2-6,9-16,21H,17-20H2,1H3,(H,31,32). The van der Waals surface area contributed by atoms with E-state index in [1.165, 1.54) is 16.8 Å². The summed E-state index contributed by atoms with van der Waals surface area (Å²) in [7, 11) is 2.19. The molecule has 1 saturated heterocycles. The molecule has 5 aromatic rings. The number of nitrogens with zero attached hydrogens (tertiary/aromatic N) is 3. The van der Waals surface area contributed by atoms with Gasteiger partial charge in [0, 0.05) is 65.5 Å². The van der Waals surface area contributed by atoms with E-state index < -0.39 is 0 Å². The van der Waals surface area contributed by atoms with Crippen molar-refractivity contribution in [3.63, 3.8) is 0 Å². The van der Waals surface area contributed by atoms with Gasteiger partial charge in [-0.2, -0.15) is 0 Å². The Labute approximate surface area is 199 Å². The highest BCUT2D eigenvalue weighted by Crippen LogP contribution is 2.32. The predicted molar refractivity (Wildman–Crippen MR) is 141 cm³/mol. The van der Waals surface area contributed by atoms with Crippen LogP contribution in [-0.2, 0) is 0 Å². The van der Waals surface area contributed by atoms with E-state index in [0.717, 1.165) is 59.2 Å². The fourth-order valence-corrected chi connectivity index (χ4v) is 4.69. The number of rotatable bonds is 2. The summed E-state index contributed by atoms with van der Waals surface area (Å²) >= 11 is 0. The SMILES string of the molecule is CN1CCN(c2ccc(-c3ccc4[nH]c5nccc(C#Cc6ccccc6)c5c4c3)cc2)CC1. The molecule has 1 fully saturated rings. The Kier molecular flexibility index (Phi) is 5.25. The molecule has 4 heteroatoms. The van der Waals surface area contributed by atoms with E-state index in [0.29, 0.717) is 0 Å².